The molecule has 0 spiro atoms. The summed E-state index contributed by atoms with van der Waals surface area (Å²) >= 11 is 0. The van der Waals surface area contributed by atoms with E-state index < -0.39 is 5.97 Å². The molecule has 2 fully saturated rings. The minimum atomic E-state index is -0.769. The van der Waals surface area contributed by atoms with Gasteiger partial charge in [0.25, 0.3) is 0 Å². The molecule has 0 amide bonds. The summed E-state index contributed by atoms with van der Waals surface area (Å²) in [6.07, 6.45) is 5.89. The van der Waals surface area contributed by atoms with Crippen molar-refractivity contribution in [3.8, 4) is 11.3 Å². The van der Waals surface area contributed by atoms with Crippen molar-refractivity contribution in [3.05, 3.63) is 60.4 Å². The second-order valence-electron chi connectivity index (χ2n) is 9.67. The third-order valence-electron chi connectivity index (χ3n) is 7.06. The number of benzene rings is 1. The summed E-state index contributed by atoms with van der Waals surface area (Å²) < 4.78 is 0. The van der Waals surface area contributed by atoms with E-state index in [2.05, 4.69) is 43.3 Å². The van der Waals surface area contributed by atoms with Crippen LogP contribution in [0.25, 0.3) is 11.3 Å². The molecule has 2 aromatic heterocycles. The average Bonchev–Trinajstić information content (AvgIpc) is 3.39. The van der Waals surface area contributed by atoms with E-state index in [4.69, 9.17) is 15.8 Å². The van der Waals surface area contributed by atoms with Crippen LogP contribution < -0.4 is 16.0 Å². The quantitative estimate of drug-likeness (QED) is 0.402. The molecule has 5 rings (SSSR count). The standard InChI is InChI=1S/C27H34N8O2/c28-16-23-5-2-10-35(23)25-7-6-21(17-30-25)24-8-9-29-27(32-24)31-22-4-1-3-20(15-22)18-33-11-13-34(14-12-33)19-26(36)37/h1,3-4,6-9,15,17,23H,2,5,10-14,16,18-19,28H2,(H,36,37)(H,29,31,32). The Morgan fingerprint density at radius 1 is 1.05 bits per heavy atom. The zero-order chi connectivity index (χ0) is 25.6. The van der Waals surface area contributed by atoms with Gasteiger partial charge in [-0.3, -0.25) is 14.6 Å². The number of nitrogens with zero attached hydrogens (tertiary/aromatic N) is 6. The van der Waals surface area contributed by atoms with E-state index in [-0.39, 0.29) is 6.54 Å². The van der Waals surface area contributed by atoms with Crippen LogP contribution in [-0.4, -0.2) is 87.7 Å². The van der Waals surface area contributed by atoms with Crippen LogP contribution in [0.5, 0.6) is 0 Å². The van der Waals surface area contributed by atoms with Crippen molar-refractivity contribution in [2.24, 2.45) is 5.73 Å². The number of carbonyl (C=O) groups is 1. The molecule has 3 aromatic rings. The fraction of sp³-hybridized carbons (Fsp3) is 0.407. The normalized spacial score (nSPS) is 18.7. The lowest BCUT2D eigenvalue weighted by atomic mass is 10.1. The van der Waals surface area contributed by atoms with E-state index >= 15 is 0 Å². The van der Waals surface area contributed by atoms with Gasteiger partial charge in [0.05, 0.1) is 12.2 Å². The summed E-state index contributed by atoms with van der Waals surface area (Å²) in [5.41, 5.74) is 9.78. The first-order chi connectivity index (χ1) is 18.1. The Hall–Kier alpha value is -3.60. The Balaban J connectivity index is 1.21. The van der Waals surface area contributed by atoms with Crippen molar-refractivity contribution in [1.29, 1.82) is 0 Å². The summed E-state index contributed by atoms with van der Waals surface area (Å²) in [6.45, 7) is 5.82. The fourth-order valence-corrected chi connectivity index (χ4v) is 5.10. The third-order valence-corrected chi connectivity index (χ3v) is 7.06. The van der Waals surface area contributed by atoms with Crippen LogP contribution in [-0.2, 0) is 11.3 Å². The number of nitrogens with one attached hydrogen (secondary N) is 1. The molecule has 2 saturated heterocycles. The molecule has 0 aliphatic carbocycles. The summed E-state index contributed by atoms with van der Waals surface area (Å²) in [5, 5.41) is 12.3. The van der Waals surface area contributed by atoms with Gasteiger partial charge in [-0.25, -0.2) is 15.0 Å². The first-order valence-corrected chi connectivity index (χ1v) is 12.9. The minimum Gasteiger partial charge on any atom is -0.480 e. The molecular weight excluding hydrogens is 468 g/mol. The highest BCUT2D eigenvalue weighted by molar-refractivity contribution is 5.69. The average molecular weight is 503 g/mol. The molecule has 1 unspecified atom stereocenters. The summed E-state index contributed by atoms with van der Waals surface area (Å²) in [5.74, 6) is 0.725. The van der Waals surface area contributed by atoms with Crippen molar-refractivity contribution < 1.29 is 9.90 Å². The fourth-order valence-electron chi connectivity index (χ4n) is 5.10. The number of piperazine rings is 1. The van der Waals surface area contributed by atoms with Gasteiger partial charge in [0.1, 0.15) is 5.82 Å². The molecule has 37 heavy (non-hydrogen) atoms. The molecule has 2 aliphatic rings. The van der Waals surface area contributed by atoms with E-state index in [0.29, 0.717) is 18.5 Å². The zero-order valence-corrected chi connectivity index (χ0v) is 21.0. The van der Waals surface area contributed by atoms with E-state index in [1.54, 1.807) is 6.20 Å². The Kier molecular flexibility index (Phi) is 7.88. The molecule has 0 saturated carbocycles. The summed E-state index contributed by atoms with van der Waals surface area (Å²) in [4.78, 5) is 31.4. The lowest BCUT2D eigenvalue weighted by molar-refractivity contribution is -0.138. The molecule has 2 aliphatic heterocycles. The highest BCUT2D eigenvalue weighted by Gasteiger charge is 2.24. The highest BCUT2D eigenvalue weighted by atomic mass is 16.4. The second-order valence-corrected chi connectivity index (χ2v) is 9.67. The number of aromatic nitrogens is 3. The smallest absolute Gasteiger partial charge is 0.317 e. The maximum Gasteiger partial charge on any atom is 0.317 e. The third kappa shape index (κ3) is 6.40. The lowest BCUT2D eigenvalue weighted by Crippen LogP contribution is -2.47. The Labute approximate surface area is 217 Å². The highest BCUT2D eigenvalue weighted by Crippen LogP contribution is 2.26. The molecular formula is C27H34N8O2. The van der Waals surface area contributed by atoms with Gasteiger partial charge in [0, 0.05) is 75.5 Å². The van der Waals surface area contributed by atoms with Crippen LogP contribution in [0.2, 0.25) is 0 Å². The summed E-state index contributed by atoms with van der Waals surface area (Å²) in [6, 6.07) is 14.6. The minimum absolute atomic E-state index is 0.111. The van der Waals surface area contributed by atoms with Crippen molar-refractivity contribution in [2.45, 2.75) is 25.4 Å². The first-order valence-electron chi connectivity index (χ1n) is 12.9. The van der Waals surface area contributed by atoms with E-state index in [1.807, 2.05) is 35.4 Å². The number of anilines is 3. The molecule has 10 heteroatoms. The Morgan fingerprint density at radius 2 is 1.89 bits per heavy atom. The van der Waals surface area contributed by atoms with Gasteiger partial charge in [-0.15, -0.1) is 0 Å². The predicted octanol–water partition coefficient (Wildman–Crippen LogP) is 2.41. The van der Waals surface area contributed by atoms with Crippen LogP contribution in [0.4, 0.5) is 17.5 Å². The van der Waals surface area contributed by atoms with Crippen LogP contribution in [0.3, 0.4) is 0 Å². The number of hydrogen-bond acceptors (Lipinski definition) is 9. The molecule has 4 N–H and O–H groups in total. The molecule has 10 nitrogen and oxygen atoms in total. The van der Waals surface area contributed by atoms with E-state index in [1.165, 1.54) is 5.56 Å². The number of rotatable bonds is 9. The molecule has 194 valence electrons. The van der Waals surface area contributed by atoms with Gasteiger partial charge < -0.3 is 21.1 Å². The second kappa shape index (κ2) is 11.6. The number of nitrogens with two attached hydrogens (primary N) is 1. The topological polar surface area (TPSA) is 124 Å². The van der Waals surface area contributed by atoms with Crippen LogP contribution in [0.1, 0.15) is 18.4 Å². The van der Waals surface area contributed by atoms with E-state index in [9.17, 15) is 4.79 Å². The molecule has 0 bridgehead atoms. The maximum atomic E-state index is 10.9. The molecule has 1 atom stereocenters. The zero-order valence-electron chi connectivity index (χ0n) is 21.0. The monoisotopic (exact) mass is 502 g/mol. The van der Waals surface area contributed by atoms with Gasteiger partial charge in [0.2, 0.25) is 5.95 Å². The van der Waals surface area contributed by atoms with Gasteiger partial charge >= 0.3 is 5.97 Å². The largest absolute Gasteiger partial charge is 0.480 e. The Morgan fingerprint density at radius 3 is 2.65 bits per heavy atom. The first kappa shape index (κ1) is 25.1. The number of hydrogen-bond donors (Lipinski definition) is 3. The van der Waals surface area contributed by atoms with Gasteiger partial charge in [-0.2, -0.15) is 0 Å². The summed E-state index contributed by atoms with van der Waals surface area (Å²) in [7, 11) is 0. The Bertz CT molecular complexity index is 1200. The van der Waals surface area contributed by atoms with Crippen molar-refractivity contribution in [2.75, 3.05) is 56.0 Å². The lowest BCUT2D eigenvalue weighted by Gasteiger charge is -2.33. The maximum absolute atomic E-state index is 10.9. The number of aliphatic carboxylic acids is 1. The van der Waals surface area contributed by atoms with Crippen LogP contribution >= 0.6 is 0 Å². The van der Waals surface area contributed by atoms with Crippen LogP contribution in [0, 0.1) is 0 Å². The van der Waals surface area contributed by atoms with Gasteiger partial charge in [-0.05, 0) is 48.7 Å². The van der Waals surface area contributed by atoms with Crippen LogP contribution in [0.15, 0.2) is 54.9 Å². The SMILES string of the molecule is NCC1CCCN1c1ccc(-c2ccnc(Nc3cccc(CN4CCN(CC(=O)O)CC4)c3)n2)cn1. The molecule has 4 heterocycles. The van der Waals surface area contributed by atoms with E-state index in [0.717, 1.165) is 74.9 Å². The molecule has 1 aromatic carbocycles. The van der Waals surface area contributed by atoms with Crippen molar-refractivity contribution in [1.82, 2.24) is 24.8 Å². The number of carboxylic acid groups (broad SMARTS) is 1. The number of pyridine rings is 1. The van der Waals surface area contributed by atoms with Gasteiger partial charge in [-0.1, -0.05) is 12.1 Å². The number of carboxylic acids is 1. The molecule has 0 radical (unpaired) electrons. The van der Waals surface area contributed by atoms with Crippen molar-refractivity contribution >= 4 is 23.4 Å². The van der Waals surface area contributed by atoms with Gasteiger partial charge in [0.15, 0.2) is 0 Å². The predicted molar refractivity (Wildman–Crippen MR) is 144 cm³/mol. The van der Waals surface area contributed by atoms with Crippen molar-refractivity contribution in [3.63, 3.8) is 0 Å².